The minimum atomic E-state index is -0.438. The lowest BCUT2D eigenvalue weighted by atomic mass is 9.29. The number of Topliss-reactive ketones (excluding diaryl/α,β-unsaturated/α-hetero) is 1. The first-order valence-corrected chi connectivity index (χ1v) is 14.0. The van der Waals surface area contributed by atoms with E-state index in [0.717, 1.165) is 32.1 Å². The molecule has 0 heterocycles. The Hall–Kier alpha value is -0.410. The Kier molecular flexibility index (Phi) is 5.22. The van der Waals surface area contributed by atoms with Crippen LogP contribution in [-0.4, -0.2) is 28.7 Å². The quantitative estimate of drug-likeness (QED) is 0.478. The second kappa shape index (κ2) is 7.09. The van der Waals surface area contributed by atoms with Crippen molar-refractivity contribution in [2.24, 2.45) is 56.2 Å². The molecular formula is C30H50O3. The summed E-state index contributed by atoms with van der Waals surface area (Å²) < 4.78 is 0. The number of ketones is 1. The average molecular weight is 459 g/mol. The topological polar surface area (TPSA) is 57.5 Å². The summed E-state index contributed by atoms with van der Waals surface area (Å²) in [7, 11) is 0. The molecule has 0 aromatic carbocycles. The van der Waals surface area contributed by atoms with Gasteiger partial charge >= 0.3 is 0 Å². The predicted molar refractivity (Wildman–Crippen MR) is 133 cm³/mol. The Bertz CT molecular complexity index is 834. The molecule has 0 aromatic heterocycles. The molecule has 0 aromatic rings. The molecule has 5 aliphatic carbocycles. The van der Waals surface area contributed by atoms with Crippen molar-refractivity contribution in [1.82, 2.24) is 0 Å². The van der Waals surface area contributed by atoms with Crippen LogP contribution in [0.5, 0.6) is 0 Å². The fraction of sp³-hybridized carbons (Fsp3) is 0.967. The van der Waals surface area contributed by atoms with Crippen molar-refractivity contribution in [2.75, 3.05) is 6.61 Å². The fourth-order valence-corrected chi connectivity index (χ4v) is 11.4. The molecule has 0 spiro atoms. The van der Waals surface area contributed by atoms with Crippen LogP contribution in [-0.2, 0) is 4.79 Å². The minimum Gasteiger partial charge on any atom is -0.396 e. The molecule has 5 fully saturated rings. The maximum Gasteiger partial charge on any atom is 0.136 e. The maximum absolute atomic E-state index is 12.7. The van der Waals surface area contributed by atoms with Crippen LogP contribution in [0.25, 0.3) is 0 Å². The molecule has 0 aliphatic heterocycles. The average Bonchev–Trinajstić information content (AvgIpc) is 2.73. The van der Waals surface area contributed by atoms with Gasteiger partial charge in [0.2, 0.25) is 0 Å². The molecule has 2 N–H and O–H groups in total. The number of rotatable bonds is 1. The maximum atomic E-state index is 12.7. The van der Waals surface area contributed by atoms with E-state index in [9.17, 15) is 15.0 Å². The zero-order valence-electron chi connectivity index (χ0n) is 22.5. The largest absolute Gasteiger partial charge is 0.396 e. The van der Waals surface area contributed by atoms with Crippen molar-refractivity contribution in [2.45, 2.75) is 119 Å². The number of hydrogen-bond acceptors (Lipinski definition) is 3. The van der Waals surface area contributed by atoms with Gasteiger partial charge in [-0.1, -0.05) is 48.5 Å². The fourth-order valence-electron chi connectivity index (χ4n) is 11.4. The van der Waals surface area contributed by atoms with Gasteiger partial charge in [0, 0.05) is 17.8 Å². The lowest BCUT2D eigenvalue weighted by Gasteiger charge is -2.76. The molecule has 2 unspecified atom stereocenters. The number of carbonyl (C=O) groups is 1. The summed E-state index contributed by atoms with van der Waals surface area (Å²) in [4.78, 5) is 12.7. The highest BCUT2D eigenvalue weighted by atomic mass is 16.3. The second-order valence-corrected chi connectivity index (χ2v) is 15.3. The molecule has 0 saturated heterocycles. The van der Waals surface area contributed by atoms with Crippen LogP contribution in [0, 0.1) is 56.2 Å². The summed E-state index contributed by atoms with van der Waals surface area (Å²) in [5, 5.41) is 23.4. The standard InChI is InChI=1S/C30H50O3/c1-19-20(32)8-9-21-27(19,5)11-10-22-28(21,6)14-15-29(7)23-16-25(2,3)12-13-26(23,4)17-24(33)30(22,29)18-31/h19,21-24,31,33H,8-18H2,1-7H3/t19-,21?,22?,23+,24-,26+,27+,28-,29-,30-/m0/s1. The van der Waals surface area contributed by atoms with E-state index >= 15 is 0 Å². The van der Waals surface area contributed by atoms with Crippen LogP contribution in [0.4, 0.5) is 0 Å². The highest BCUT2D eigenvalue weighted by molar-refractivity contribution is 5.82. The Morgan fingerprint density at radius 3 is 2.18 bits per heavy atom. The van der Waals surface area contributed by atoms with Crippen LogP contribution in [0.15, 0.2) is 0 Å². The third-order valence-electron chi connectivity index (χ3n) is 13.6. The molecule has 0 amide bonds. The molecule has 0 radical (unpaired) electrons. The van der Waals surface area contributed by atoms with E-state index in [1.165, 1.54) is 25.7 Å². The Balaban J connectivity index is 1.62. The molecule has 3 heteroatoms. The first-order valence-electron chi connectivity index (χ1n) is 14.0. The highest BCUT2D eigenvalue weighted by Gasteiger charge is 2.74. The van der Waals surface area contributed by atoms with E-state index in [0.29, 0.717) is 35.4 Å². The van der Waals surface area contributed by atoms with Crippen molar-refractivity contribution >= 4 is 5.78 Å². The third kappa shape index (κ3) is 2.85. The summed E-state index contributed by atoms with van der Waals surface area (Å²) in [6, 6.07) is 0. The number of aliphatic hydroxyl groups excluding tert-OH is 2. The van der Waals surface area contributed by atoms with Crippen LogP contribution in [0.3, 0.4) is 0 Å². The zero-order valence-corrected chi connectivity index (χ0v) is 22.5. The van der Waals surface area contributed by atoms with Gasteiger partial charge in [-0.05, 0) is 103 Å². The van der Waals surface area contributed by atoms with E-state index in [1.54, 1.807) is 0 Å². The monoisotopic (exact) mass is 458 g/mol. The van der Waals surface area contributed by atoms with E-state index in [4.69, 9.17) is 0 Å². The predicted octanol–water partition coefficient (Wildman–Crippen LogP) is 6.40. The summed E-state index contributed by atoms with van der Waals surface area (Å²) in [5.41, 5.74) is 0.186. The van der Waals surface area contributed by atoms with E-state index in [-0.39, 0.29) is 34.2 Å². The minimum absolute atomic E-state index is 0.0418. The summed E-state index contributed by atoms with van der Waals surface area (Å²) in [6.45, 7) is 16.9. The summed E-state index contributed by atoms with van der Waals surface area (Å²) in [5.74, 6) is 1.97. The molecule has 10 atom stereocenters. The van der Waals surface area contributed by atoms with Crippen LogP contribution in [0.1, 0.15) is 113 Å². The molecule has 5 aliphatic rings. The van der Waals surface area contributed by atoms with Gasteiger partial charge in [0.25, 0.3) is 0 Å². The lowest BCUT2D eigenvalue weighted by Crippen LogP contribution is -2.73. The Morgan fingerprint density at radius 1 is 0.818 bits per heavy atom. The van der Waals surface area contributed by atoms with Crippen molar-refractivity contribution in [1.29, 1.82) is 0 Å². The number of aliphatic hydroxyl groups is 2. The highest BCUT2D eigenvalue weighted by Crippen LogP contribution is 2.78. The van der Waals surface area contributed by atoms with Crippen molar-refractivity contribution in [3.8, 4) is 0 Å². The van der Waals surface area contributed by atoms with E-state index < -0.39 is 11.5 Å². The number of hydrogen-bond donors (Lipinski definition) is 2. The normalized spacial score (nSPS) is 58.0. The molecule has 5 saturated carbocycles. The molecule has 188 valence electrons. The number of carbonyl (C=O) groups excluding carboxylic acids is 1. The first-order chi connectivity index (χ1) is 15.2. The van der Waals surface area contributed by atoms with Gasteiger partial charge in [-0.15, -0.1) is 0 Å². The molecule has 3 nitrogen and oxygen atoms in total. The van der Waals surface area contributed by atoms with Gasteiger partial charge in [-0.2, -0.15) is 0 Å². The van der Waals surface area contributed by atoms with Crippen LogP contribution < -0.4 is 0 Å². The van der Waals surface area contributed by atoms with Gasteiger partial charge < -0.3 is 10.2 Å². The summed E-state index contributed by atoms with van der Waals surface area (Å²) >= 11 is 0. The lowest BCUT2D eigenvalue weighted by molar-refractivity contribution is -0.307. The second-order valence-electron chi connectivity index (χ2n) is 15.3. The number of fused-ring (bicyclic) bond motifs is 7. The molecular weight excluding hydrogens is 408 g/mol. The molecule has 5 rings (SSSR count). The Labute approximate surface area is 202 Å². The smallest absolute Gasteiger partial charge is 0.136 e. The van der Waals surface area contributed by atoms with Gasteiger partial charge in [-0.3, -0.25) is 4.79 Å². The van der Waals surface area contributed by atoms with Crippen LogP contribution in [0.2, 0.25) is 0 Å². The SMILES string of the molecule is C[C@H]1C(=O)CCC2[C@]3(C)CC[C@@]4(C)[C@@H]5CC(C)(C)CC[C@]5(C)C[C@H](O)[C@]4(CO)C3CC[C@@]21C. The van der Waals surface area contributed by atoms with E-state index in [1.807, 2.05) is 0 Å². The van der Waals surface area contributed by atoms with Gasteiger partial charge in [-0.25, -0.2) is 0 Å². The Morgan fingerprint density at radius 2 is 1.52 bits per heavy atom. The third-order valence-corrected chi connectivity index (χ3v) is 13.6. The van der Waals surface area contributed by atoms with Gasteiger partial charge in [0.05, 0.1) is 12.7 Å². The molecule has 0 bridgehead atoms. The van der Waals surface area contributed by atoms with Gasteiger partial charge in [0.1, 0.15) is 5.78 Å². The zero-order chi connectivity index (χ0) is 24.2. The van der Waals surface area contributed by atoms with Crippen molar-refractivity contribution in [3.05, 3.63) is 0 Å². The van der Waals surface area contributed by atoms with E-state index in [2.05, 4.69) is 48.5 Å². The summed E-state index contributed by atoms with van der Waals surface area (Å²) in [6.07, 6.45) is 10.1. The van der Waals surface area contributed by atoms with Crippen molar-refractivity contribution in [3.63, 3.8) is 0 Å². The first kappa shape index (κ1) is 24.3. The van der Waals surface area contributed by atoms with Crippen molar-refractivity contribution < 1.29 is 15.0 Å². The van der Waals surface area contributed by atoms with Crippen LogP contribution >= 0.6 is 0 Å². The molecule has 33 heavy (non-hydrogen) atoms. The van der Waals surface area contributed by atoms with Gasteiger partial charge in [0.15, 0.2) is 0 Å².